The van der Waals surface area contributed by atoms with Gasteiger partial charge in [-0.25, -0.2) is 4.39 Å². The van der Waals surface area contributed by atoms with Crippen LogP contribution >= 0.6 is 11.8 Å². The molecule has 0 bridgehead atoms. The lowest BCUT2D eigenvalue weighted by molar-refractivity contribution is -0.119. The minimum Gasteiger partial charge on any atom is -0.499 e. The molecule has 1 heterocycles. The standard InChI is InChI=1S/C18H14FNO4S.C9H16O.C2H4.CH2O/c19-14-4-2-1-3-13(14)15(21)10-24-12-7-5-11(6-8-12)9-16-17(22)20-18(23)25-16;1-5-10-9(4)7-6-8(2)3;2*1-2/h1-8,16H,9-10H2,(H,20,22,23);6-7H,5H2,1-4H3;1-2H2;1H2/b;9-7+;;/t16-;;;/m1.../s1. The van der Waals surface area contributed by atoms with Gasteiger partial charge in [0.2, 0.25) is 11.7 Å². The van der Waals surface area contributed by atoms with Gasteiger partial charge in [0, 0.05) is 0 Å². The highest BCUT2D eigenvalue weighted by Gasteiger charge is 2.31. The van der Waals surface area contributed by atoms with Crippen LogP contribution in [-0.4, -0.2) is 42.2 Å². The molecule has 0 aromatic heterocycles. The molecule has 0 saturated carbocycles. The number of halogens is 1. The summed E-state index contributed by atoms with van der Waals surface area (Å²) in [5.74, 6) is 0.135. The molecule has 7 nitrogen and oxygen atoms in total. The monoisotopic (exact) mass is 557 g/mol. The van der Waals surface area contributed by atoms with Crippen LogP contribution < -0.4 is 10.1 Å². The fourth-order valence-electron chi connectivity index (χ4n) is 2.94. The lowest BCUT2D eigenvalue weighted by Crippen LogP contribution is -2.25. The molecule has 3 rings (SSSR count). The van der Waals surface area contributed by atoms with Crippen molar-refractivity contribution in [2.24, 2.45) is 0 Å². The van der Waals surface area contributed by atoms with Crippen molar-refractivity contribution in [3.05, 3.63) is 102 Å². The number of carbonyl (C=O) groups excluding carboxylic acids is 4. The Morgan fingerprint density at radius 2 is 1.64 bits per heavy atom. The summed E-state index contributed by atoms with van der Waals surface area (Å²) in [5, 5.41) is 1.48. The van der Waals surface area contributed by atoms with E-state index in [4.69, 9.17) is 14.3 Å². The van der Waals surface area contributed by atoms with E-state index in [1.54, 1.807) is 30.3 Å². The zero-order chi connectivity index (χ0) is 29.8. The van der Waals surface area contributed by atoms with Crippen LogP contribution in [0.25, 0.3) is 0 Å². The molecule has 1 saturated heterocycles. The normalized spacial score (nSPS) is 13.7. The Morgan fingerprint density at radius 1 is 1.03 bits per heavy atom. The van der Waals surface area contributed by atoms with E-state index in [1.165, 1.54) is 23.8 Å². The highest BCUT2D eigenvalue weighted by Crippen LogP contribution is 2.24. The van der Waals surface area contributed by atoms with E-state index >= 15 is 0 Å². The molecular formula is C30H36FNO6S. The fourth-order valence-corrected chi connectivity index (χ4v) is 3.80. The van der Waals surface area contributed by atoms with Gasteiger partial charge in [0.1, 0.15) is 18.4 Å². The first kappa shape index (κ1) is 35.0. The van der Waals surface area contributed by atoms with E-state index in [0.29, 0.717) is 12.2 Å². The third kappa shape index (κ3) is 13.9. The number of carbonyl (C=O) groups is 4. The molecular weight excluding hydrogens is 521 g/mol. The molecule has 0 aliphatic carbocycles. The molecule has 2 aromatic rings. The van der Waals surface area contributed by atoms with Crippen LogP contribution in [0.5, 0.6) is 5.75 Å². The van der Waals surface area contributed by atoms with Crippen LogP contribution in [0.15, 0.2) is 85.2 Å². The molecule has 0 unspecified atom stereocenters. The molecule has 1 aliphatic heterocycles. The summed E-state index contributed by atoms with van der Waals surface area (Å²) in [6.45, 7) is 16.6. The van der Waals surface area contributed by atoms with Crippen LogP contribution in [0, 0.1) is 5.82 Å². The number of allylic oxidation sites excluding steroid dienone is 4. The molecule has 0 radical (unpaired) electrons. The quantitative estimate of drug-likeness (QED) is 0.163. The second-order valence-corrected chi connectivity index (χ2v) is 9.05. The molecule has 2 amide bonds. The number of thioether (sulfide) groups is 1. The minimum atomic E-state index is -0.576. The predicted octanol–water partition coefficient (Wildman–Crippen LogP) is 6.49. The lowest BCUT2D eigenvalue weighted by atomic mass is 10.1. The molecule has 2 aromatic carbocycles. The maximum absolute atomic E-state index is 13.5. The fraction of sp³-hybridized carbons (Fsp3) is 0.267. The van der Waals surface area contributed by atoms with Crippen LogP contribution in [0.1, 0.15) is 43.6 Å². The van der Waals surface area contributed by atoms with Gasteiger partial charge in [0.25, 0.3) is 5.24 Å². The largest absolute Gasteiger partial charge is 0.499 e. The van der Waals surface area contributed by atoms with E-state index in [9.17, 15) is 18.8 Å². The number of amides is 2. The Balaban J connectivity index is 0.000000871. The molecule has 0 spiro atoms. The van der Waals surface area contributed by atoms with E-state index < -0.39 is 16.9 Å². The Bertz CT molecular complexity index is 1120. The summed E-state index contributed by atoms with van der Waals surface area (Å²) in [4.78, 5) is 42.7. The number of ketones is 1. The van der Waals surface area contributed by atoms with E-state index in [0.717, 1.165) is 29.7 Å². The first-order valence-electron chi connectivity index (χ1n) is 11.9. The van der Waals surface area contributed by atoms with Crippen molar-refractivity contribution in [1.82, 2.24) is 5.32 Å². The van der Waals surface area contributed by atoms with Crippen LogP contribution in [-0.2, 0) is 20.7 Å². The van der Waals surface area contributed by atoms with Crippen molar-refractivity contribution in [2.45, 2.75) is 39.4 Å². The number of imide groups is 1. The third-order valence-electron chi connectivity index (χ3n) is 4.68. The topological polar surface area (TPSA) is 98.8 Å². The third-order valence-corrected chi connectivity index (χ3v) is 5.66. The van der Waals surface area contributed by atoms with Gasteiger partial charge < -0.3 is 14.3 Å². The summed E-state index contributed by atoms with van der Waals surface area (Å²) < 4.78 is 24.1. The summed E-state index contributed by atoms with van der Waals surface area (Å²) in [7, 11) is 0. The van der Waals surface area contributed by atoms with Crippen molar-refractivity contribution in [3.8, 4) is 5.75 Å². The Kier molecular flexibility index (Phi) is 18.0. The summed E-state index contributed by atoms with van der Waals surface area (Å²) in [6, 6.07) is 12.6. The van der Waals surface area contributed by atoms with Gasteiger partial charge in [-0.1, -0.05) is 47.7 Å². The average molecular weight is 558 g/mol. The number of hydrogen-bond acceptors (Lipinski definition) is 7. The zero-order valence-electron chi connectivity index (χ0n) is 22.8. The SMILES string of the molecule is C=C.C=O.CCO/C(C)=C/C=C(C)C.O=C1NC(=O)[C@@H](Cc2ccc(OCC(=O)c3ccccc3F)cc2)S1. The van der Waals surface area contributed by atoms with Gasteiger partial charge in [-0.05, 0) is 70.0 Å². The van der Waals surface area contributed by atoms with Crippen LogP contribution in [0.3, 0.4) is 0 Å². The highest BCUT2D eigenvalue weighted by molar-refractivity contribution is 8.15. The van der Waals surface area contributed by atoms with Gasteiger partial charge in [0.15, 0.2) is 6.61 Å². The summed E-state index contributed by atoms with van der Waals surface area (Å²) in [6.07, 6.45) is 4.46. The number of benzene rings is 2. The molecule has 1 N–H and O–H groups in total. The molecule has 1 aliphatic rings. The van der Waals surface area contributed by atoms with Crippen LogP contribution in [0.4, 0.5) is 9.18 Å². The number of hydrogen-bond donors (Lipinski definition) is 1. The van der Waals surface area contributed by atoms with Crippen molar-refractivity contribution in [3.63, 3.8) is 0 Å². The second kappa shape index (κ2) is 20.0. The van der Waals surface area contributed by atoms with Gasteiger partial charge >= 0.3 is 0 Å². The van der Waals surface area contributed by atoms with Crippen molar-refractivity contribution in [2.75, 3.05) is 13.2 Å². The Hall–Kier alpha value is -3.98. The molecule has 9 heteroatoms. The number of rotatable bonds is 9. The van der Waals surface area contributed by atoms with Gasteiger partial charge in [-0.2, -0.15) is 0 Å². The molecule has 1 atom stereocenters. The maximum atomic E-state index is 13.5. The highest BCUT2D eigenvalue weighted by atomic mass is 32.2. The minimum absolute atomic E-state index is 0.00643. The molecule has 39 heavy (non-hydrogen) atoms. The number of ether oxygens (including phenoxy) is 2. The predicted molar refractivity (Wildman–Crippen MR) is 154 cm³/mol. The van der Waals surface area contributed by atoms with Crippen molar-refractivity contribution >= 4 is 35.5 Å². The lowest BCUT2D eigenvalue weighted by Gasteiger charge is -2.08. The summed E-state index contributed by atoms with van der Waals surface area (Å²) in [5.41, 5.74) is 2.15. The Labute approximate surface area is 234 Å². The van der Waals surface area contributed by atoms with Gasteiger partial charge in [0.05, 0.1) is 23.2 Å². The van der Waals surface area contributed by atoms with E-state index in [-0.39, 0.29) is 23.3 Å². The smallest absolute Gasteiger partial charge is 0.286 e. The first-order valence-corrected chi connectivity index (χ1v) is 12.8. The van der Waals surface area contributed by atoms with Crippen molar-refractivity contribution < 1.29 is 33.0 Å². The Morgan fingerprint density at radius 3 is 2.15 bits per heavy atom. The van der Waals surface area contributed by atoms with E-state index in [2.05, 4.69) is 32.3 Å². The maximum Gasteiger partial charge on any atom is 0.286 e. The van der Waals surface area contributed by atoms with Crippen molar-refractivity contribution in [1.29, 1.82) is 0 Å². The number of Topliss-reactive ketones (excluding diaryl/α,β-unsaturated/α-hetero) is 1. The second-order valence-electron chi connectivity index (χ2n) is 7.88. The average Bonchev–Trinajstić information content (AvgIpc) is 3.26. The zero-order valence-corrected chi connectivity index (χ0v) is 23.6. The van der Waals surface area contributed by atoms with Gasteiger partial charge in [-0.3, -0.25) is 19.7 Å². The number of nitrogens with one attached hydrogen (secondary N) is 1. The first-order chi connectivity index (χ1) is 18.7. The van der Waals surface area contributed by atoms with Crippen LogP contribution in [0.2, 0.25) is 0 Å². The molecule has 1 fully saturated rings. The summed E-state index contributed by atoms with van der Waals surface area (Å²) >= 11 is 0.975. The van der Waals surface area contributed by atoms with Gasteiger partial charge in [-0.15, -0.1) is 13.2 Å². The molecule has 210 valence electrons. The van der Waals surface area contributed by atoms with E-state index in [1.807, 2.05) is 32.8 Å².